The predicted octanol–water partition coefficient (Wildman–Crippen LogP) is 0.836. The molecule has 0 unspecified atom stereocenters. The van der Waals surface area contributed by atoms with E-state index in [4.69, 9.17) is 0 Å². The van der Waals surface area contributed by atoms with Crippen LogP contribution in [0, 0.1) is 0 Å². The Bertz CT molecular complexity index is 327. The van der Waals surface area contributed by atoms with E-state index in [2.05, 4.69) is 10.6 Å². The van der Waals surface area contributed by atoms with Gasteiger partial charge in [-0.1, -0.05) is 37.3 Å². The molecule has 94 valence electrons. The number of carbonyl (C=O) groups excluding carboxylic acids is 1. The third kappa shape index (κ3) is 5.47. The van der Waals surface area contributed by atoms with Gasteiger partial charge in [-0.2, -0.15) is 0 Å². The van der Waals surface area contributed by atoms with Crippen LogP contribution in [0.5, 0.6) is 0 Å². The highest BCUT2D eigenvalue weighted by molar-refractivity contribution is 5.75. The van der Waals surface area contributed by atoms with E-state index in [1.165, 1.54) is 0 Å². The van der Waals surface area contributed by atoms with Crippen molar-refractivity contribution in [2.75, 3.05) is 19.6 Å². The van der Waals surface area contributed by atoms with E-state index < -0.39 is 6.10 Å². The summed E-state index contributed by atoms with van der Waals surface area (Å²) >= 11 is 0. The third-order valence-electron chi connectivity index (χ3n) is 2.47. The summed E-state index contributed by atoms with van der Waals surface area (Å²) < 4.78 is 0. The van der Waals surface area contributed by atoms with Crippen molar-refractivity contribution in [3.63, 3.8) is 0 Å². The SMILES string of the molecule is CCC(=O)NCCNC[C@H](O)c1ccccc1. The minimum atomic E-state index is -0.502. The maximum atomic E-state index is 10.9. The standard InChI is InChI=1S/C13H20N2O2/c1-2-13(17)15-9-8-14-10-12(16)11-6-4-3-5-7-11/h3-7,12,14,16H,2,8-10H2,1H3,(H,15,17)/t12-/m0/s1. The number of nitrogens with one attached hydrogen (secondary N) is 2. The number of aliphatic hydroxyl groups is 1. The van der Waals surface area contributed by atoms with Gasteiger partial charge in [0.05, 0.1) is 6.10 Å². The van der Waals surface area contributed by atoms with Crippen LogP contribution < -0.4 is 10.6 Å². The van der Waals surface area contributed by atoms with Gasteiger partial charge in [0.15, 0.2) is 0 Å². The zero-order valence-corrected chi connectivity index (χ0v) is 10.1. The van der Waals surface area contributed by atoms with Crippen LogP contribution >= 0.6 is 0 Å². The zero-order chi connectivity index (χ0) is 12.5. The molecule has 0 bridgehead atoms. The molecule has 0 aliphatic heterocycles. The molecule has 4 nitrogen and oxygen atoms in total. The molecule has 4 heteroatoms. The van der Waals surface area contributed by atoms with Gasteiger partial charge in [-0.15, -0.1) is 0 Å². The maximum absolute atomic E-state index is 10.9. The van der Waals surface area contributed by atoms with Crippen molar-refractivity contribution in [3.8, 4) is 0 Å². The molecule has 0 aromatic heterocycles. The minimum Gasteiger partial charge on any atom is -0.387 e. The number of hydrogen-bond donors (Lipinski definition) is 3. The van der Waals surface area contributed by atoms with Crippen LogP contribution in [0.4, 0.5) is 0 Å². The van der Waals surface area contributed by atoms with Crippen molar-refractivity contribution in [2.45, 2.75) is 19.4 Å². The lowest BCUT2D eigenvalue weighted by Crippen LogP contribution is -2.33. The first-order valence-corrected chi connectivity index (χ1v) is 5.94. The Kier molecular flexibility index (Phi) is 6.29. The Morgan fingerprint density at radius 1 is 1.29 bits per heavy atom. The van der Waals surface area contributed by atoms with Crippen molar-refractivity contribution in [1.82, 2.24) is 10.6 Å². The molecule has 17 heavy (non-hydrogen) atoms. The first kappa shape index (κ1) is 13.7. The highest BCUT2D eigenvalue weighted by atomic mass is 16.3. The van der Waals surface area contributed by atoms with Gasteiger partial charge in [-0.25, -0.2) is 0 Å². The first-order chi connectivity index (χ1) is 8.24. The molecule has 0 radical (unpaired) electrons. The molecule has 1 amide bonds. The van der Waals surface area contributed by atoms with Gasteiger partial charge in [0.25, 0.3) is 0 Å². The van der Waals surface area contributed by atoms with Gasteiger partial charge in [-0.05, 0) is 5.56 Å². The molecule has 0 aliphatic rings. The summed E-state index contributed by atoms with van der Waals surface area (Å²) in [5, 5.41) is 15.7. The van der Waals surface area contributed by atoms with E-state index in [9.17, 15) is 9.90 Å². The second-order valence-electron chi connectivity index (χ2n) is 3.83. The Hall–Kier alpha value is -1.39. The van der Waals surface area contributed by atoms with Crippen LogP contribution in [-0.4, -0.2) is 30.6 Å². The molecule has 1 rings (SSSR count). The molecule has 0 fully saturated rings. The number of benzene rings is 1. The molecule has 1 atom stereocenters. The fourth-order valence-electron chi connectivity index (χ4n) is 1.45. The molecule has 0 aliphatic carbocycles. The number of amides is 1. The second-order valence-corrected chi connectivity index (χ2v) is 3.83. The van der Waals surface area contributed by atoms with Crippen molar-refractivity contribution < 1.29 is 9.90 Å². The van der Waals surface area contributed by atoms with E-state index >= 15 is 0 Å². The molecule has 0 saturated heterocycles. The lowest BCUT2D eigenvalue weighted by molar-refractivity contribution is -0.120. The van der Waals surface area contributed by atoms with Crippen LogP contribution in [0.25, 0.3) is 0 Å². The lowest BCUT2D eigenvalue weighted by Gasteiger charge is -2.12. The van der Waals surface area contributed by atoms with Crippen LogP contribution in [0.1, 0.15) is 25.0 Å². The summed E-state index contributed by atoms with van der Waals surface area (Å²) in [7, 11) is 0. The van der Waals surface area contributed by atoms with Gasteiger partial charge < -0.3 is 15.7 Å². The summed E-state index contributed by atoms with van der Waals surface area (Å²) in [6, 6.07) is 9.51. The fourth-order valence-corrected chi connectivity index (χ4v) is 1.45. The van der Waals surface area contributed by atoms with Crippen molar-refractivity contribution in [2.24, 2.45) is 0 Å². The first-order valence-electron chi connectivity index (χ1n) is 5.94. The predicted molar refractivity (Wildman–Crippen MR) is 67.6 cm³/mol. The van der Waals surface area contributed by atoms with Gasteiger partial charge in [0.1, 0.15) is 0 Å². The third-order valence-corrected chi connectivity index (χ3v) is 2.47. The molecular weight excluding hydrogens is 216 g/mol. The second kappa shape index (κ2) is 7.81. The fraction of sp³-hybridized carbons (Fsp3) is 0.462. The van der Waals surface area contributed by atoms with Gasteiger partial charge in [0.2, 0.25) is 5.91 Å². The van der Waals surface area contributed by atoms with E-state index in [1.807, 2.05) is 37.3 Å². The van der Waals surface area contributed by atoms with Gasteiger partial charge in [0, 0.05) is 26.1 Å². The van der Waals surface area contributed by atoms with Crippen LogP contribution in [0.2, 0.25) is 0 Å². The number of rotatable bonds is 7. The average molecular weight is 236 g/mol. The summed E-state index contributed by atoms with van der Waals surface area (Å²) in [5.41, 5.74) is 0.901. The van der Waals surface area contributed by atoms with Gasteiger partial charge >= 0.3 is 0 Å². The van der Waals surface area contributed by atoms with E-state index in [0.717, 1.165) is 5.56 Å². The van der Waals surface area contributed by atoms with Gasteiger partial charge in [-0.3, -0.25) is 4.79 Å². The molecule has 0 spiro atoms. The number of hydrogen-bond acceptors (Lipinski definition) is 3. The van der Waals surface area contributed by atoms with Crippen LogP contribution in [0.3, 0.4) is 0 Å². The Morgan fingerprint density at radius 2 is 2.00 bits per heavy atom. The summed E-state index contributed by atoms with van der Waals surface area (Å²) in [6.07, 6.45) is 0.00481. The van der Waals surface area contributed by atoms with E-state index in [-0.39, 0.29) is 5.91 Å². The number of carbonyl (C=O) groups is 1. The summed E-state index contributed by atoms with van der Waals surface area (Å²) in [6.45, 7) is 3.57. The van der Waals surface area contributed by atoms with E-state index in [1.54, 1.807) is 0 Å². The zero-order valence-electron chi connectivity index (χ0n) is 10.1. The topological polar surface area (TPSA) is 61.4 Å². The quantitative estimate of drug-likeness (QED) is 0.615. The lowest BCUT2D eigenvalue weighted by atomic mass is 10.1. The average Bonchev–Trinajstić information content (AvgIpc) is 2.38. The summed E-state index contributed by atoms with van der Waals surface area (Å²) in [5.74, 6) is 0.0513. The molecule has 0 saturated carbocycles. The Morgan fingerprint density at radius 3 is 2.65 bits per heavy atom. The highest BCUT2D eigenvalue weighted by Crippen LogP contribution is 2.09. The van der Waals surface area contributed by atoms with Crippen LogP contribution in [-0.2, 0) is 4.79 Å². The normalized spacial score (nSPS) is 12.1. The maximum Gasteiger partial charge on any atom is 0.219 e. The molecule has 0 heterocycles. The minimum absolute atomic E-state index is 0.0513. The monoisotopic (exact) mass is 236 g/mol. The smallest absolute Gasteiger partial charge is 0.219 e. The molecule has 1 aromatic carbocycles. The van der Waals surface area contributed by atoms with Crippen LogP contribution in [0.15, 0.2) is 30.3 Å². The van der Waals surface area contributed by atoms with E-state index in [0.29, 0.717) is 26.1 Å². The molecule has 3 N–H and O–H groups in total. The highest BCUT2D eigenvalue weighted by Gasteiger charge is 2.05. The molecular formula is C13H20N2O2. The molecule has 1 aromatic rings. The van der Waals surface area contributed by atoms with Crippen molar-refractivity contribution in [1.29, 1.82) is 0 Å². The largest absolute Gasteiger partial charge is 0.387 e. The van der Waals surface area contributed by atoms with Crippen molar-refractivity contribution in [3.05, 3.63) is 35.9 Å². The summed E-state index contributed by atoms with van der Waals surface area (Å²) in [4.78, 5) is 10.9. The Labute approximate surface area is 102 Å². The number of aliphatic hydroxyl groups excluding tert-OH is 1. The van der Waals surface area contributed by atoms with Crippen molar-refractivity contribution >= 4 is 5.91 Å². The Balaban J connectivity index is 2.13.